The van der Waals surface area contributed by atoms with Crippen LogP contribution in [0.5, 0.6) is 0 Å². The van der Waals surface area contributed by atoms with E-state index in [-0.39, 0.29) is 24.6 Å². The molecule has 0 spiro atoms. The molecule has 2 atom stereocenters. The van der Waals surface area contributed by atoms with Crippen molar-refractivity contribution in [3.8, 4) is 0 Å². The SMILES string of the molecule is CC(C(=O)N1c2ccccc2CCC1C)N1CCN(CCO)CC1. The van der Waals surface area contributed by atoms with Crippen molar-refractivity contribution >= 4 is 11.6 Å². The summed E-state index contributed by atoms with van der Waals surface area (Å²) in [4.78, 5) is 19.8. The van der Waals surface area contributed by atoms with Gasteiger partial charge in [-0.25, -0.2) is 0 Å². The van der Waals surface area contributed by atoms with Crippen molar-refractivity contribution in [2.24, 2.45) is 0 Å². The molecule has 1 N–H and O–H groups in total. The lowest BCUT2D eigenvalue weighted by atomic mass is 9.95. The molecule has 0 radical (unpaired) electrons. The van der Waals surface area contributed by atoms with Crippen LogP contribution in [-0.2, 0) is 11.2 Å². The molecule has 5 heteroatoms. The number of piperazine rings is 1. The summed E-state index contributed by atoms with van der Waals surface area (Å²) < 4.78 is 0. The van der Waals surface area contributed by atoms with Gasteiger partial charge in [-0.15, -0.1) is 0 Å². The van der Waals surface area contributed by atoms with E-state index < -0.39 is 0 Å². The first-order valence-corrected chi connectivity index (χ1v) is 9.10. The summed E-state index contributed by atoms with van der Waals surface area (Å²) in [6, 6.07) is 8.45. The molecular weight excluding hydrogens is 302 g/mol. The van der Waals surface area contributed by atoms with Crippen molar-refractivity contribution < 1.29 is 9.90 Å². The van der Waals surface area contributed by atoms with Crippen LogP contribution in [-0.4, -0.2) is 72.2 Å². The van der Waals surface area contributed by atoms with Crippen LogP contribution in [0.15, 0.2) is 24.3 Å². The number of para-hydroxylation sites is 1. The monoisotopic (exact) mass is 331 g/mol. The Labute approximate surface area is 144 Å². The van der Waals surface area contributed by atoms with Crippen LogP contribution >= 0.6 is 0 Å². The second-order valence-electron chi connectivity index (χ2n) is 7.00. The summed E-state index contributed by atoms with van der Waals surface area (Å²) in [6.07, 6.45) is 2.08. The third-order valence-electron chi connectivity index (χ3n) is 5.49. The number of hydrogen-bond acceptors (Lipinski definition) is 4. The number of rotatable bonds is 4. The molecule has 1 saturated heterocycles. The van der Waals surface area contributed by atoms with Gasteiger partial charge in [0.2, 0.25) is 5.91 Å². The van der Waals surface area contributed by atoms with E-state index in [1.165, 1.54) is 5.56 Å². The normalized spacial score (nSPS) is 23.8. The van der Waals surface area contributed by atoms with Gasteiger partial charge in [0.05, 0.1) is 12.6 Å². The Hall–Kier alpha value is -1.43. The summed E-state index contributed by atoms with van der Waals surface area (Å²) in [5, 5.41) is 9.06. The summed E-state index contributed by atoms with van der Waals surface area (Å²) in [6.45, 7) is 8.74. The first-order valence-electron chi connectivity index (χ1n) is 9.10. The summed E-state index contributed by atoms with van der Waals surface area (Å²) in [5.41, 5.74) is 2.37. The molecule has 3 rings (SSSR count). The number of benzene rings is 1. The Morgan fingerprint density at radius 3 is 2.67 bits per heavy atom. The van der Waals surface area contributed by atoms with Crippen molar-refractivity contribution in [1.29, 1.82) is 0 Å². The van der Waals surface area contributed by atoms with Crippen molar-refractivity contribution in [2.75, 3.05) is 44.2 Å². The number of fused-ring (bicyclic) bond motifs is 1. The number of nitrogens with zero attached hydrogens (tertiary/aromatic N) is 3. The number of carbonyl (C=O) groups excluding carboxylic acids is 1. The number of aliphatic hydroxyl groups excluding tert-OH is 1. The van der Waals surface area contributed by atoms with Crippen molar-refractivity contribution in [3.05, 3.63) is 29.8 Å². The molecule has 5 nitrogen and oxygen atoms in total. The van der Waals surface area contributed by atoms with E-state index in [0.29, 0.717) is 0 Å². The maximum absolute atomic E-state index is 13.2. The highest BCUT2D eigenvalue weighted by Gasteiger charge is 2.34. The molecule has 2 heterocycles. The lowest BCUT2D eigenvalue weighted by molar-refractivity contribution is -0.124. The molecule has 2 aliphatic rings. The van der Waals surface area contributed by atoms with Gasteiger partial charge in [-0.1, -0.05) is 18.2 Å². The minimum Gasteiger partial charge on any atom is -0.395 e. The summed E-state index contributed by atoms with van der Waals surface area (Å²) >= 11 is 0. The van der Waals surface area contributed by atoms with Gasteiger partial charge < -0.3 is 10.0 Å². The summed E-state index contributed by atoms with van der Waals surface area (Å²) in [7, 11) is 0. The van der Waals surface area contributed by atoms with Crippen LogP contribution in [0, 0.1) is 0 Å². The standard InChI is InChI=1S/C19H29N3O2/c1-15-7-8-17-5-3-4-6-18(17)22(15)19(24)16(2)21-11-9-20(10-12-21)13-14-23/h3-6,15-16,23H,7-14H2,1-2H3. The Bertz CT molecular complexity index is 569. The van der Waals surface area contributed by atoms with E-state index in [4.69, 9.17) is 5.11 Å². The predicted octanol–water partition coefficient (Wildman–Crippen LogP) is 1.35. The maximum atomic E-state index is 13.2. The fourth-order valence-electron chi connectivity index (χ4n) is 3.90. The fraction of sp³-hybridized carbons (Fsp3) is 0.632. The zero-order valence-electron chi connectivity index (χ0n) is 14.8. The van der Waals surface area contributed by atoms with Crippen LogP contribution in [0.1, 0.15) is 25.8 Å². The average molecular weight is 331 g/mol. The van der Waals surface area contributed by atoms with Crippen LogP contribution in [0.25, 0.3) is 0 Å². The van der Waals surface area contributed by atoms with Crippen molar-refractivity contribution in [2.45, 2.75) is 38.8 Å². The van der Waals surface area contributed by atoms with Gasteiger partial charge in [-0.2, -0.15) is 0 Å². The number of β-amino-alcohol motifs (C(OH)–C–C–N with tert-alkyl or cyclic N) is 1. The third-order valence-corrected chi connectivity index (χ3v) is 5.49. The molecule has 0 aliphatic carbocycles. The number of anilines is 1. The molecule has 132 valence electrons. The van der Waals surface area contributed by atoms with E-state index in [2.05, 4.69) is 34.9 Å². The first kappa shape index (κ1) is 17.4. The molecule has 1 aromatic carbocycles. The number of carbonyl (C=O) groups is 1. The van der Waals surface area contributed by atoms with Gasteiger partial charge in [-0.3, -0.25) is 14.6 Å². The molecule has 2 aliphatic heterocycles. The highest BCUT2D eigenvalue weighted by molar-refractivity contribution is 5.98. The van der Waals surface area contributed by atoms with Crippen molar-refractivity contribution in [1.82, 2.24) is 9.80 Å². The molecule has 1 fully saturated rings. The van der Waals surface area contributed by atoms with E-state index >= 15 is 0 Å². The molecule has 1 amide bonds. The lowest BCUT2D eigenvalue weighted by Crippen LogP contribution is -2.56. The molecule has 0 bridgehead atoms. The van der Waals surface area contributed by atoms with Crippen LogP contribution in [0.4, 0.5) is 5.69 Å². The van der Waals surface area contributed by atoms with Gasteiger partial charge in [0, 0.05) is 44.5 Å². The third kappa shape index (κ3) is 3.48. The average Bonchev–Trinajstić information content (AvgIpc) is 2.61. The molecule has 1 aromatic rings. The zero-order valence-corrected chi connectivity index (χ0v) is 14.8. The van der Waals surface area contributed by atoms with Gasteiger partial charge in [0.15, 0.2) is 0 Å². The van der Waals surface area contributed by atoms with Gasteiger partial charge >= 0.3 is 0 Å². The summed E-state index contributed by atoms with van der Waals surface area (Å²) in [5.74, 6) is 0.213. The quantitative estimate of drug-likeness (QED) is 0.905. The highest BCUT2D eigenvalue weighted by atomic mass is 16.3. The molecule has 2 unspecified atom stereocenters. The Balaban J connectivity index is 1.70. The van der Waals surface area contributed by atoms with E-state index in [1.807, 2.05) is 17.9 Å². The molecule has 24 heavy (non-hydrogen) atoms. The lowest BCUT2D eigenvalue weighted by Gasteiger charge is -2.41. The number of aliphatic hydroxyl groups is 1. The number of amides is 1. The highest BCUT2D eigenvalue weighted by Crippen LogP contribution is 2.31. The minimum atomic E-state index is -0.102. The molecular formula is C19H29N3O2. The predicted molar refractivity (Wildman–Crippen MR) is 96.3 cm³/mol. The molecule has 0 saturated carbocycles. The number of hydrogen-bond donors (Lipinski definition) is 1. The Kier molecular flexibility index (Phi) is 5.54. The van der Waals surface area contributed by atoms with Crippen LogP contribution < -0.4 is 4.90 Å². The minimum absolute atomic E-state index is 0.102. The largest absolute Gasteiger partial charge is 0.395 e. The molecule has 0 aromatic heterocycles. The number of aryl methyl sites for hydroxylation is 1. The van der Waals surface area contributed by atoms with Gasteiger partial charge in [0.25, 0.3) is 0 Å². The van der Waals surface area contributed by atoms with Gasteiger partial charge in [-0.05, 0) is 38.3 Å². The van der Waals surface area contributed by atoms with E-state index in [1.54, 1.807) is 0 Å². The smallest absolute Gasteiger partial charge is 0.244 e. The topological polar surface area (TPSA) is 47.0 Å². The first-order chi connectivity index (χ1) is 11.6. The zero-order chi connectivity index (χ0) is 17.1. The van der Waals surface area contributed by atoms with E-state index in [0.717, 1.165) is 51.3 Å². The maximum Gasteiger partial charge on any atom is 0.244 e. The van der Waals surface area contributed by atoms with E-state index in [9.17, 15) is 4.79 Å². The second-order valence-corrected chi connectivity index (χ2v) is 7.00. The van der Waals surface area contributed by atoms with Crippen LogP contribution in [0.2, 0.25) is 0 Å². The van der Waals surface area contributed by atoms with Gasteiger partial charge in [0.1, 0.15) is 0 Å². The second kappa shape index (κ2) is 7.64. The Morgan fingerprint density at radius 2 is 1.96 bits per heavy atom. The fourth-order valence-corrected chi connectivity index (χ4v) is 3.90. The van der Waals surface area contributed by atoms with Crippen LogP contribution in [0.3, 0.4) is 0 Å². The van der Waals surface area contributed by atoms with Crippen molar-refractivity contribution in [3.63, 3.8) is 0 Å². The Morgan fingerprint density at radius 1 is 1.25 bits per heavy atom.